The van der Waals surface area contributed by atoms with E-state index in [9.17, 15) is 4.79 Å². The highest BCUT2D eigenvalue weighted by Crippen LogP contribution is 2.13. The van der Waals surface area contributed by atoms with Crippen molar-refractivity contribution in [2.24, 2.45) is 5.92 Å². The zero-order valence-electron chi connectivity index (χ0n) is 9.19. The Kier molecular flexibility index (Phi) is 5.19. The van der Waals surface area contributed by atoms with Gasteiger partial charge in [-0.15, -0.1) is 5.10 Å². The summed E-state index contributed by atoms with van der Waals surface area (Å²) in [5, 5.41) is 16.9. The summed E-state index contributed by atoms with van der Waals surface area (Å²) in [6.07, 6.45) is 2.90. The number of hydrogen-bond donors (Lipinski definition) is 1. The van der Waals surface area contributed by atoms with Crippen molar-refractivity contribution < 1.29 is 9.90 Å². The lowest BCUT2D eigenvalue weighted by Crippen LogP contribution is -2.12. The van der Waals surface area contributed by atoms with Crippen molar-refractivity contribution in [3.63, 3.8) is 0 Å². The number of carboxylic acids is 1. The van der Waals surface area contributed by atoms with Crippen LogP contribution in [0.4, 0.5) is 0 Å². The summed E-state index contributed by atoms with van der Waals surface area (Å²) in [7, 11) is 0. The third kappa shape index (κ3) is 4.14. The molecule has 1 aromatic rings. The molecule has 1 unspecified atom stereocenters. The highest BCUT2D eigenvalue weighted by Gasteiger charge is 2.14. The van der Waals surface area contributed by atoms with E-state index < -0.39 is 5.97 Å². The minimum Gasteiger partial charge on any atom is -0.481 e. The van der Waals surface area contributed by atoms with Crippen LogP contribution in [0.3, 0.4) is 0 Å². The molecule has 0 saturated carbocycles. The Balaban J connectivity index is 2.35. The molecule has 0 aliphatic rings. The van der Waals surface area contributed by atoms with Crippen molar-refractivity contribution in [1.29, 1.82) is 0 Å². The number of aryl methyl sites for hydroxylation is 1. The van der Waals surface area contributed by atoms with Crippen molar-refractivity contribution in [2.75, 3.05) is 0 Å². The average Bonchev–Trinajstić information content (AvgIpc) is 2.26. The first-order chi connectivity index (χ1) is 7.63. The van der Waals surface area contributed by atoms with E-state index in [2.05, 4.69) is 10.2 Å². The summed E-state index contributed by atoms with van der Waals surface area (Å²) in [6, 6.07) is 3.51. The molecule has 0 aliphatic carbocycles. The SMILES string of the molecule is CCC(CCCc1ccc(Cl)nn1)C(=O)O. The van der Waals surface area contributed by atoms with Crippen LogP contribution in [-0.2, 0) is 11.2 Å². The Labute approximate surface area is 99.7 Å². The van der Waals surface area contributed by atoms with Gasteiger partial charge < -0.3 is 5.11 Å². The zero-order chi connectivity index (χ0) is 12.0. The third-order valence-corrected chi connectivity index (χ3v) is 2.72. The highest BCUT2D eigenvalue weighted by atomic mass is 35.5. The van der Waals surface area contributed by atoms with Gasteiger partial charge in [0.1, 0.15) is 0 Å². The number of aromatic nitrogens is 2. The Bertz CT molecular complexity index is 340. The standard InChI is InChI=1S/C11H15ClN2O2/c1-2-8(11(15)16)4-3-5-9-6-7-10(12)14-13-9/h6-8H,2-5H2,1H3,(H,15,16). The van der Waals surface area contributed by atoms with E-state index in [4.69, 9.17) is 16.7 Å². The monoisotopic (exact) mass is 242 g/mol. The quantitative estimate of drug-likeness (QED) is 0.833. The Morgan fingerprint density at radius 3 is 2.75 bits per heavy atom. The molecule has 0 spiro atoms. The third-order valence-electron chi connectivity index (χ3n) is 2.51. The molecule has 1 atom stereocenters. The van der Waals surface area contributed by atoms with Crippen molar-refractivity contribution in [3.05, 3.63) is 23.0 Å². The van der Waals surface area contributed by atoms with Crippen LogP contribution < -0.4 is 0 Å². The molecular formula is C11H15ClN2O2. The van der Waals surface area contributed by atoms with E-state index in [0.717, 1.165) is 18.5 Å². The lowest BCUT2D eigenvalue weighted by atomic mass is 9.99. The number of halogens is 1. The molecular weight excluding hydrogens is 228 g/mol. The Hall–Kier alpha value is -1.16. The normalized spacial score (nSPS) is 12.4. The van der Waals surface area contributed by atoms with E-state index in [1.54, 1.807) is 6.07 Å². The van der Waals surface area contributed by atoms with Crippen LogP contribution in [0.5, 0.6) is 0 Å². The number of nitrogens with zero attached hydrogens (tertiary/aromatic N) is 2. The van der Waals surface area contributed by atoms with Gasteiger partial charge in [0.2, 0.25) is 0 Å². The summed E-state index contributed by atoms with van der Waals surface area (Å²) >= 11 is 5.61. The summed E-state index contributed by atoms with van der Waals surface area (Å²) in [5.74, 6) is -0.968. The highest BCUT2D eigenvalue weighted by molar-refractivity contribution is 6.29. The smallest absolute Gasteiger partial charge is 0.306 e. The molecule has 0 saturated heterocycles. The van der Waals surface area contributed by atoms with E-state index >= 15 is 0 Å². The molecule has 0 amide bonds. The molecule has 5 heteroatoms. The van der Waals surface area contributed by atoms with Gasteiger partial charge in [-0.2, -0.15) is 5.10 Å². The van der Waals surface area contributed by atoms with Gasteiger partial charge in [-0.3, -0.25) is 4.79 Å². The first kappa shape index (κ1) is 12.9. The van der Waals surface area contributed by atoms with Crippen LogP contribution in [0.1, 0.15) is 31.9 Å². The maximum Gasteiger partial charge on any atom is 0.306 e. The molecule has 1 rings (SSSR count). The first-order valence-electron chi connectivity index (χ1n) is 5.34. The van der Waals surface area contributed by atoms with E-state index in [0.29, 0.717) is 18.0 Å². The largest absolute Gasteiger partial charge is 0.481 e. The van der Waals surface area contributed by atoms with Gasteiger partial charge in [-0.05, 0) is 37.8 Å². The molecule has 88 valence electrons. The van der Waals surface area contributed by atoms with Crippen molar-refractivity contribution in [3.8, 4) is 0 Å². The van der Waals surface area contributed by atoms with Gasteiger partial charge >= 0.3 is 5.97 Å². The molecule has 0 fully saturated rings. The van der Waals surface area contributed by atoms with Gasteiger partial charge in [-0.25, -0.2) is 0 Å². The van der Waals surface area contributed by atoms with E-state index in [1.165, 1.54) is 0 Å². The van der Waals surface area contributed by atoms with Gasteiger partial charge in [-0.1, -0.05) is 18.5 Å². The number of hydrogen-bond acceptors (Lipinski definition) is 3. The fourth-order valence-electron chi connectivity index (χ4n) is 1.51. The molecule has 0 radical (unpaired) electrons. The summed E-state index contributed by atoms with van der Waals surface area (Å²) < 4.78 is 0. The van der Waals surface area contributed by atoms with Crippen LogP contribution in [0.15, 0.2) is 12.1 Å². The fourth-order valence-corrected chi connectivity index (χ4v) is 1.61. The van der Waals surface area contributed by atoms with Crippen molar-refractivity contribution >= 4 is 17.6 Å². The van der Waals surface area contributed by atoms with Crippen LogP contribution in [0.2, 0.25) is 5.15 Å². The molecule has 4 nitrogen and oxygen atoms in total. The van der Waals surface area contributed by atoms with Gasteiger partial charge in [0.15, 0.2) is 5.15 Å². The van der Waals surface area contributed by atoms with Crippen molar-refractivity contribution in [2.45, 2.75) is 32.6 Å². The van der Waals surface area contributed by atoms with Crippen LogP contribution in [0.25, 0.3) is 0 Å². The van der Waals surface area contributed by atoms with Crippen LogP contribution in [-0.4, -0.2) is 21.3 Å². The van der Waals surface area contributed by atoms with Crippen LogP contribution >= 0.6 is 11.6 Å². The predicted octanol–water partition coefficient (Wildman–Crippen LogP) is 2.56. The molecule has 16 heavy (non-hydrogen) atoms. The fraction of sp³-hybridized carbons (Fsp3) is 0.545. The minimum atomic E-state index is -0.718. The second kappa shape index (κ2) is 6.43. The van der Waals surface area contributed by atoms with Crippen LogP contribution in [0, 0.1) is 5.92 Å². The second-order valence-electron chi connectivity index (χ2n) is 3.68. The molecule has 0 aromatic carbocycles. The first-order valence-corrected chi connectivity index (χ1v) is 5.72. The van der Waals surface area contributed by atoms with E-state index in [1.807, 2.05) is 13.0 Å². The topological polar surface area (TPSA) is 63.1 Å². The zero-order valence-corrected chi connectivity index (χ0v) is 9.94. The van der Waals surface area contributed by atoms with Crippen molar-refractivity contribution in [1.82, 2.24) is 10.2 Å². The Morgan fingerprint density at radius 2 is 2.25 bits per heavy atom. The molecule has 0 bridgehead atoms. The number of rotatable bonds is 6. The minimum absolute atomic E-state index is 0.250. The molecule has 1 N–H and O–H groups in total. The lowest BCUT2D eigenvalue weighted by molar-refractivity contribution is -0.142. The molecule has 1 aromatic heterocycles. The maximum absolute atomic E-state index is 10.8. The molecule has 1 heterocycles. The summed E-state index contributed by atoms with van der Waals surface area (Å²) in [6.45, 7) is 1.89. The van der Waals surface area contributed by atoms with Gasteiger partial charge in [0.05, 0.1) is 11.6 Å². The maximum atomic E-state index is 10.8. The summed E-state index contributed by atoms with van der Waals surface area (Å²) in [4.78, 5) is 10.8. The number of carboxylic acid groups (broad SMARTS) is 1. The molecule has 0 aliphatic heterocycles. The Morgan fingerprint density at radius 1 is 1.50 bits per heavy atom. The number of carbonyl (C=O) groups is 1. The van der Waals surface area contributed by atoms with Gasteiger partial charge in [0.25, 0.3) is 0 Å². The number of aliphatic carboxylic acids is 1. The predicted molar refractivity (Wildman–Crippen MR) is 61.4 cm³/mol. The van der Waals surface area contributed by atoms with E-state index in [-0.39, 0.29) is 5.92 Å². The second-order valence-corrected chi connectivity index (χ2v) is 4.07. The van der Waals surface area contributed by atoms with Gasteiger partial charge in [0, 0.05) is 0 Å². The summed E-state index contributed by atoms with van der Waals surface area (Å²) in [5.41, 5.74) is 0.852. The lowest BCUT2D eigenvalue weighted by Gasteiger charge is -2.08. The average molecular weight is 243 g/mol.